The summed E-state index contributed by atoms with van der Waals surface area (Å²) in [5.41, 5.74) is 0.958. The fraction of sp³-hybridized carbons (Fsp3) is 0.647. The number of hydrogen-bond donors (Lipinski definition) is 2. The standard InChI is InChI=1S/C17H26N4O2S2/c1-2-25(22,23)18-12-13-5-7-14(8-6-13)19-17-10-9-15(20-21-17)16-4-3-11-24-16/h4,9-10,13-14,18H,2-3,5-8,11-12H2,1H3,(H,19,21)/t13-,14-. The maximum Gasteiger partial charge on any atom is 0.211 e. The van der Waals surface area contributed by atoms with Crippen LogP contribution >= 0.6 is 11.8 Å². The molecule has 3 rings (SSSR count). The topological polar surface area (TPSA) is 84.0 Å². The second-order valence-corrected chi connectivity index (χ2v) is 9.86. The lowest BCUT2D eigenvalue weighted by Gasteiger charge is -2.29. The van der Waals surface area contributed by atoms with E-state index in [-0.39, 0.29) is 5.75 Å². The van der Waals surface area contributed by atoms with Gasteiger partial charge in [-0.05, 0) is 57.1 Å². The van der Waals surface area contributed by atoms with E-state index in [1.807, 2.05) is 23.9 Å². The molecular formula is C17H26N4O2S2. The van der Waals surface area contributed by atoms with Crippen LogP contribution in [0, 0.1) is 5.92 Å². The minimum Gasteiger partial charge on any atom is -0.366 e. The van der Waals surface area contributed by atoms with Crippen LogP contribution in [0.4, 0.5) is 5.82 Å². The van der Waals surface area contributed by atoms with Crippen LogP contribution in [0.2, 0.25) is 0 Å². The number of nitrogens with one attached hydrogen (secondary N) is 2. The summed E-state index contributed by atoms with van der Waals surface area (Å²) in [4.78, 5) is 1.23. The normalized spacial score (nSPS) is 24.1. The van der Waals surface area contributed by atoms with Crippen molar-refractivity contribution in [3.63, 3.8) is 0 Å². The number of hydrogen-bond acceptors (Lipinski definition) is 6. The highest BCUT2D eigenvalue weighted by molar-refractivity contribution is 8.08. The van der Waals surface area contributed by atoms with Crippen molar-refractivity contribution in [3.05, 3.63) is 23.9 Å². The minimum absolute atomic E-state index is 0.147. The SMILES string of the molecule is CCS(=O)(=O)NC[C@H]1CC[C@H](Nc2ccc(C3=CCCS3)nn2)CC1. The van der Waals surface area contributed by atoms with E-state index in [0.29, 0.717) is 18.5 Å². The number of nitrogens with zero attached hydrogens (tertiary/aromatic N) is 2. The molecule has 0 amide bonds. The van der Waals surface area contributed by atoms with Crippen molar-refractivity contribution in [2.75, 3.05) is 23.4 Å². The first-order valence-electron chi connectivity index (χ1n) is 8.96. The van der Waals surface area contributed by atoms with Gasteiger partial charge in [-0.15, -0.1) is 22.0 Å². The van der Waals surface area contributed by atoms with Crippen molar-refractivity contribution in [2.24, 2.45) is 5.92 Å². The van der Waals surface area contributed by atoms with E-state index < -0.39 is 10.0 Å². The van der Waals surface area contributed by atoms with E-state index in [0.717, 1.165) is 49.4 Å². The van der Waals surface area contributed by atoms with Gasteiger partial charge in [-0.1, -0.05) is 6.08 Å². The lowest BCUT2D eigenvalue weighted by Crippen LogP contribution is -2.34. The van der Waals surface area contributed by atoms with Crippen molar-refractivity contribution in [1.29, 1.82) is 0 Å². The van der Waals surface area contributed by atoms with Crippen molar-refractivity contribution in [3.8, 4) is 0 Å². The van der Waals surface area contributed by atoms with Gasteiger partial charge < -0.3 is 5.32 Å². The quantitative estimate of drug-likeness (QED) is 0.754. The minimum atomic E-state index is -3.08. The number of aromatic nitrogens is 2. The van der Waals surface area contributed by atoms with Gasteiger partial charge in [-0.3, -0.25) is 0 Å². The predicted octanol–water partition coefficient (Wildman–Crippen LogP) is 2.86. The largest absolute Gasteiger partial charge is 0.366 e. The van der Waals surface area contributed by atoms with Crippen molar-refractivity contribution in [2.45, 2.75) is 45.1 Å². The molecule has 1 aliphatic carbocycles. The van der Waals surface area contributed by atoms with Crippen LogP contribution in [0.5, 0.6) is 0 Å². The molecule has 0 saturated heterocycles. The average molecular weight is 383 g/mol. The summed E-state index contributed by atoms with van der Waals surface area (Å²) in [6.07, 6.45) is 7.44. The maximum atomic E-state index is 11.5. The van der Waals surface area contributed by atoms with Crippen LogP contribution < -0.4 is 10.0 Å². The number of allylic oxidation sites excluding steroid dienone is 1. The molecule has 0 radical (unpaired) electrons. The van der Waals surface area contributed by atoms with Crippen LogP contribution in [-0.4, -0.2) is 42.7 Å². The Morgan fingerprint density at radius 2 is 2.00 bits per heavy atom. The molecule has 1 fully saturated rings. The molecule has 1 aromatic rings. The molecule has 0 atom stereocenters. The van der Waals surface area contributed by atoms with Crippen molar-refractivity contribution < 1.29 is 8.42 Å². The van der Waals surface area contributed by atoms with E-state index in [1.54, 1.807) is 6.92 Å². The molecule has 2 N–H and O–H groups in total. The maximum absolute atomic E-state index is 11.5. The van der Waals surface area contributed by atoms with E-state index in [4.69, 9.17) is 0 Å². The second-order valence-electron chi connectivity index (χ2n) is 6.62. The summed E-state index contributed by atoms with van der Waals surface area (Å²) in [7, 11) is -3.08. The van der Waals surface area contributed by atoms with Crippen molar-refractivity contribution in [1.82, 2.24) is 14.9 Å². The molecular weight excluding hydrogens is 356 g/mol. The first-order chi connectivity index (χ1) is 12.1. The third kappa shape index (κ3) is 5.43. The Balaban J connectivity index is 1.44. The van der Waals surface area contributed by atoms with Gasteiger partial charge in [0, 0.05) is 23.2 Å². The molecule has 138 valence electrons. The summed E-state index contributed by atoms with van der Waals surface area (Å²) in [6, 6.07) is 4.42. The van der Waals surface area contributed by atoms with Gasteiger partial charge in [0.1, 0.15) is 5.82 Å². The Bertz CT molecular complexity index is 696. The van der Waals surface area contributed by atoms with E-state index in [2.05, 4.69) is 26.3 Å². The highest BCUT2D eigenvalue weighted by Gasteiger charge is 2.22. The number of anilines is 1. The summed E-state index contributed by atoms with van der Waals surface area (Å²) < 4.78 is 25.8. The molecule has 0 bridgehead atoms. The van der Waals surface area contributed by atoms with E-state index >= 15 is 0 Å². The molecule has 2 aliphatic rings. The monoisotopic (exact) mass is 382 g/mol. The van der Waals surface area contributed by atoms with Crippen LogP contribution in [0.25, 0.3) is 4.91 Å². The Morgan fingerprint density at radius 3 is 2.60 bits per heavy atom. The molecule has 8 heteroatoms. The first kappa shape index (κ1) is 18.7. The molecule has 0 unspecified atom stereocenters. The van der Waals surface area contributed by atoms with Gasteiger partial charge >= 0.3 is 0 Å². The third-order valence-electron chi connectivity index (χ3n) is 4.79. The molecule has 25 heavy (non-hydrogen) atoms. The number of thioether (sulfide) groups is 1. The van der Waals surface area contributed by atoms with Gasteiger partial charge in [0.15, 0.2) is 0 Å². The fourth-order valence-electron chi connectivity index (χ4n) is 3.20. The first-order valence-corrected chi connectivity index (χ1v) is 11.6. The van der Waals surface area contributed by atoms with Gasteiger partial charge in [-0.25, -0.2) is 13.1 Å². The Kier molecular flexibility index (Phi) is 6.35. The predicted molar refractivity (Wildman–Crippen MR) is 104 cm³/mol. The summed E-state index contributed by atoms with van der Waals surface area (Å²) >= 11 is 1.83. The van der Waals surface area contributed by atoms with Crippen LogP contribution in [-0.2, 0) is 10.0 Å². The Labute approximate surface area is 154 Å². The van der Waals surface area contributed by atoms with Crippen molar-refractivity contribution >= 4 is 32.5 Å². The number of sulfonamides is 1. The fourth-order valence-corrected chi connectivity index (χ4v) is 4.85. The average Bonchev–Trinajstić information content (AvgIpc) is 3.17. The van der Waals surface area contributed by atoms with Gasteiger partial charge in [0.2, 0.25) is 10.0 Å². The zero-order valence-electron chi connectivity index (χ0n) is 14.6. The van der Waals surface area contributed by atoms with E-state index in [9.17, 15) is 8.42 Å². The Hall–Kier alpha value is -1.12. The van der Waals surface area contributed by atoms with E-state index in [1.165, 1.54) is 4.91 Å². The number of rotatable bonds is 7. The summed E-state index contributed by atoms with van der Waals surface area (Å²) in [6.45, 7) is 2.22. The highest BCUT2D eigenvalue weighted by Crippen LogP contribution is 2.32. The third-order valence-corrected chi connectivity index (χ3v) is 7.29. The summed E-state index contributed by atoms with van der Waals surface area (Å²) in [5, 5.41) is 12.1. The second kappa shape index (κ2) is 8.51. The smallest absolute Gasteiger partial charge is 0.211 e. The van der Waals surface area contributed by atoms with Crippen LogP contribution in [0.15, 0.2) is 18.2 Å². The molecule has 0 spiro atoms. The molecule has 6 nitrogen and oxygen atoms in total. The summed E-state index contributed by atoms with van der Waals surface area (Å²) in [5.74, 6) is 2.53. The molecule has 2 heterocycles. The lowest BCUT2D eigenvalue weighted by molar-refractivity contribution is 0.337. The zero-order chi connectivity index (χ0) is 17.7. The molecule has 1 aromatic heterocycles. The van der Waals surface area contributed by atoms with Gasteiger partial charge in [0.25, 0.3) is 0 Å². The van der Waals surface area contributed by atoms with Crippen LogP contribution in [0.1, 0.15) is 44.7 Å². The zero-order valence-corrected chi connectivity index (χ0v) is 16.2. The van der Waals surface area contributed by atoms with Crippen LogP contribution in [0.3, 0.4) is 0 Å². The van der Waals surface area contributed by atoms with Gasteiger partial charge in [-0.2, -0.15) is 0 Å². The highest BCUT2D eigenvalue weighted by atomic mass is 32.2. The molecule has 1 aliphatic heterocycles. The Morgan fingerprint density at radius 1 is 1.20 bits per heavy atom. The molecule has 0 aromatic carbocycles. The van der Waals surface area contributed by atoms with Gasteiger partial charge in [0.05, 0.1) is 11.4 Å². The molecule has 1 saturated carbocycles. The lowest BCUT2D eigenvalue weighted by atomic mass is 9.86.